The molecule has 1 atom stereocenters. The number of likely N-dealkylation sites (N-methyl/N-ethyl adjacent to an activating group) is 1. The Labute approximate surface area is 86.0 Å². The van der Waals surface area contributed by atoms with Crippen molar-refractivity contribution in [2.45, 2.75) is 32.4 Å². The van der Waals surface area contributed by atoms with Crippen molar-refractivity contribution in [2.24, 2.45) is 5.73 Å². The van der Waals surface area contributed by atoms with Crippen LogP contribution in [0.25, 0.3) is 0 Å². The fourth-order valence-electron chi connectivity index (χ4n) is 1.60. The standard InChI is InChI=1S/C10H21N3O/c1-8(2)12(3)10(14)7-13-5-4-9(11)6-13/h8-9H,4-7,11H2,1-3H3. The van der Waals surface area contributed by atoms with Gasteiger partial charge in [-0.05, 0) is 20.3 Å². The van der Waals surface area contributed by atoms with E-state index in [1.54, 1.807) is 4.90 Å². The fraction of sp³-hybridized carbons (Fsp3) is 0.900. The van der Waals surface area contributed by atoms with Crippen LogP contribution in [0.1, 0.15) is 20.3 Å². The van der Waals surface area contributed by atoms with Gasteiger partial charge in [0.15, 0.2) is 0 Å². The van der Waals surface area contributed by atoms with Crippen LogP contribution < -0.4 is 5.73 Å². The van der Waals surface area contributed by atoms with E-state index in [0.717, 1.165) is 19.5 Å². The predicted octanol–water partition coefficient (Wildman–Crippen LogP) is -0.114. The lowest BCUT2D eigenvalue weighted by molar-refractivity contribution is -0.132. The quantitative estimate of drug-likeness (QED) is 0.690. The van der Waals surface area contributed by atoms with Crippen LogP contribution in [0.4, 0.5) is 0 Å². The first-order valence-electron chi connectivity index (χ1n) is 5.24. The third-order valence-corrected chi connectivity index (χ3v) is 2.84. The van der Waals surface area contributed by atoms with Gasteiger partial charge in [0.1, 0.15) is 0 Å². The highest BCUT2D eigenvalue weighted by Gasteiger charge is 2.22. The first-order chi connectivity index (χ1) is 6.50. The van der Waals surface area contributed by atoms with Crippen LogP contribution >= 0.6 is 0 Å². The van der Waals surface area contributed by atoms with Gasteiger partial charge in [-0.25, -0.2) is 0 Å². The second kappa shape index (κ2) is 4.75. The number of carbonyl (C=O) groups excluding carboxylic acids is 1. The van der Waals surface area contributed by atoms with Crippen molar-refractivity contribution in [1.82, 2.24) is 9.80 Å². The molecular formula is C10H21N3O. The molecule has 1 fully saturated rings. The third kappa shape index (κ3) is 2.96. The van der Waals surface area contributed by atoms with E-state index in [0.29, 0.717) is 6.54 Å². The molecule has 1 aliphatic rings. The zero-order valence-corrected chi connectivity index (χ0v) is 9.36. The van der Waals surface area contributed by atoms with Gasteiger partial charge in [-0.3, -0.25) is 9.69 Å². The van der Waals surface area contributed by atoms with E-state index < -0.39 is 0 Å². The van der Waals surface area contributed by atoms with Crippen molar-refractivity contribution >= 4 is 5.91 Å². The maximum atomic E-state index is 11.7. The molecule has 1 rings (SSSR count). The minimum absolute atomic E-state index is 0.189. The minimum atomic E-state index is 0.189. The highest BCUT2D eigenvalue weighted by atomic mass is 16.2. The maximum absolute atomic E-state index is 11.7. The van der Waals surface area contributed by atoms with E-state index in [-0.39, 0.29) is 18.0 Å². The van der Waals surface area contributed by atoms with Crippen LogP contribution in [-0.2, 0) is 4.79 Å². The average molecular weight is 199 g/mol. The third-order valence-electron chi connectivity index (χ3n) is 2.84. The second-order valence-electron chi connectivity index (χ2n) is 4.38. The highest BCUT2D eigenvalue weighted by Crippen LogP contribution is 2.07. The molecule has 0 radical (unpaired) electrons. The number of likely N-dealkylation sites (tertiary alicyclic amines) is 1. The van der Waals surface area contributed by atoms with Gasteiger partial charge >= 0.3 is 0 Å². The molecule has 0 aliphatic carbocycles. The van der Waals surface area contributed by atoms with Gasteiger partial charge < -0.3 is 10.6 Å². The zero-order valence-electron chi connectivity index (χ0n) is 9.36. The zero-order chi connectivity index (χ0) is 10.7. The molecule has 1 amide bonds. The van der Waals surface area contributed by atoms with Crippen LogP contribution in [0.3, 0.4) is 0 Å². The average Bonchev–Trinajstić information content (AvgIpc) is 2.49. The summed E-state index contributed by atoms with van der Waals surface area (Å²) in [5.74, 6) is 0.189. The molecule has 4 nitrogen and oxygen atoms in total. The maximum Gasteiger partial charge on any atom is 0.236 e. The summed E-state index contributed by atoms with van der Waals surface area (Å²) in [6, 6.07) is 0.533. The van der Waals surface area contributed by atoms with Crippen LogP contribution in [0, 0.1) is 0 Å². The van der Waals surface area contributed by atoms with E-state index in [9.17, 15) is 4.79 Å². The number of hydrogen-bond acceptors (Lipinski definition) is 3. The van der Waals surface area contributed by atoms with Crippen molar-refractivity contribution in [3.63, 3.8) is 0 Å². The van der Waals surface area contributed by atoms with Crippen molar-refractivity contribution in [1.29, 1.82) is 0 Å². The molecule has 0 bridgehead atoms. The topological polar surface area (TPSA) is 49.6 Å². The minimum Gasteiger partial charge on any atom is -0.342 e. The lowest BCUT2D eigenvalue weighted by Crippen LogP contribution is -2.41. The number of nitrogens with zero attached hydrogens (tertiary/aromatic N) is 2. The first kappa shape index (κ1) is 11.5. The molecule has 1 unspecified atom stereocenters. The number of rotatable bonds is 3. The normalized spacial score (nSPS) is 23.1. The Morgan fingerprint density at radius 2 is 2.29 bits per heavy atom. The number of nitrogens with two attached hydrogens (primary N) is 1. The van der Waals surface area contributed by atoms with Crippen LogP contribution in [-0.4, -0.2) is 54.5 Å². The van der Waals surface area contributed by atoms with Crippen molar-refractivity contribution in [3.05, 3.63) is 0 Å². The summed E-state index contributed by atoms with van der Waals surface area (Å²) in [6.45, 7) is 6.38. The van der Waals surface area contributed by atoms with E-state index in [1.165, 1.54) is 0 Å². The van der Waals surface area contributed by atoms with Crippen molar-refractivity contribution in [3.8, 4) is 0 Å². The predicted molar refractivity (Wildman–Crippen MR) is 56.9 cm³/mol. The molecule has 0 spiro atoms. The molecule has 4 heteroatoms. The van der Waals surface area contributed by atoms with E-state index in [1.807, 2.05) is 20.9 Å². The van der Waals surface area contributed by atoms with E-state index >= 15 is 0 Å². The molecular weight excluding hydrogens is 178 g/mol. The van der Waals surface area contributed by atoms with Gasteiger partial charge in [0, 0.05) is 32.2 Å². The van der Waals surface area contributed by atoms with Gasteiger partial charge in [0.05, 0.1) is 6.54 Å². The van der Waals surface area contributed by atoms with Crippen LogP contribution in [0.15, 0.2) is 0 Å². The first-order valence-corrected chi connectivity index (χ1v) is 5.24. The summed E-state index contributed by atoms with van der Waals surface area (Å²) in [6.07, 6.45) is 1.01. The summed E-state index contributed by atoms with van der Waals surface area (Å²) < 4.78 is 0. The van der Waals surface area contributed by atoms with E-state index in [2.05, 4.69) is 4.90 Å². The number of amides is 1. The van der Waals surface area contributed by atoms with Gasteiger partial charge in [0.25, 0.3) is 0 Å². The van der Waals surface area contributed by atoms with Crippen molar-refractivity contribution in [2.75, 3.05) is 26.7 Å². The molecule has 82 valence electrons. The Hall–Kier alpha value is -0.610. The van der Waals surface area contributed by atoms with E-state index in [4.69, 9.17) is 5.73 Å². The fourth-order valence-corrected chi connectivity index (χ4v) is 1.60. The second-order valence-corrected chi connectivity index (χ2v) is 4.38. The van der Waals surface area contributed by atoms with Gasteiger partial charge in [-0.15, -0.1) is 0 Å². The molecule has 14 heavy (non-hydrogen) atoms. The summed E-state index contributed by atoms with van der Waals surface area (Å²) >= 11 is 0. The lowest BCUT2D eigenvalue weighted by Gasteiger charge is -2.24. The molecule has 0 saturated carbocycles. The summed E-state index contributed by atoms with van der Waals surface area (Å²) in [7, 11) is 1.85. The summed E-state index contributed by atoms with van der Waals surface area (Å²) in [5.41, 5.74) is 5.77. The number of hydrogen-bond donors (Lipinski definition) is 1. The highest BCUT2D eigenvalue weighted by molar-refractivity contribution is 5.78. The lowest BCUT2D eigenvalue weighted by atomic mass is 10.3. The Kier molecular flexibility index (Phi) is 3.89. The molecule has 1 aliphatic heterocycles. The Bertz CT molecular complexity index is 206. The monoisotopic (exact) mass is 199 g/mol. The van der Waals surface area contributed by atoms with Gasteiger partial charge in [0.2, 0.25) is 5.91 Å². The summed E-state index contributed by atoms with van der Waals surface area (Å²) in [4.78, 5) is 15.6. The van der Waals surface area contributed by atoms with Crippen LogP contribution in [0.2, 0.25) is 0 Å². The molecule has 0 aromatic carbocycles. The molecule has 0 aromatic rings. The molecule has 1 heterocycles. The molecule has 2 N–H and O–H groups in total. The molecule has 0 aromatic heterocycles. The Morgan fingerprint density at radius 1 is 1.64 bits per heavy atom. The number of carbonyl (C=O) groups is 1. The Morgan fingerprint density at radius 3 is 2.71 bits per heavy atom. The van der Waals surface area contributed by atoms with Crippen molar-refractivity contribution < 1.29 is 4.79 Å². The van der Waals surface area contributed by atoms with Crippen LogP contribution in [0.5, 0.6) is 0 Å². The smallest absolute Gasteiger partial charge is 0.236 e. The molecule has 1 saturated heterocycles. The summed E-state index contributed by atoms with van der Waals surface area (Å²) in [5, 5.41) is 0. The van der Waals surface area contributed by atoms with Gasteiger partial charge in [-0.1, -0.05) is 0 Å². The van der Waals surface area contributed by atoms with Gasteiger partial charge in [-0.2, -0.15) is 0 Å². The SMILES string of the molecule is CC(C)N(C)C(=O)CN1CCC(N)C1. The largest absolute Gasteiger partial charge is 0.342 e. The Balaban J connectivity index is 2.33.